The molecular weight excluding hydrogens is 210 g/mol. The highest BCUT2D eigenvalue weighted by Crippen LogP contribution is 2.32. The third kappa shape index (κ3) is 1.72. The number of hydrogen-bond acceptors (Lipinski definition) is 2. The van der Waals surface area contributed by atoms with Crippen molar-refractivity contribution in [1.29, 1.82) is 5.26 Å². The molecule has 0 saturated heterocycles. The van der Waals surface area contributed by atoms with E-state index in [1.54, 1.807) is 0 Å². The maximum absolute atomic E-state index is 8.80. The van der Waals surface area contributed by atoms with E-state index in [2.05, 4.69) is 27.8 Å². The molecule has 2 aromatic rings. The summed E-state index contributed by atoms with van der Waals surface area (Å²) in [5.74, 6) is 0.430. The number of aryl methyl sites for hydroxylation is 1. The van der Waals surface area contributed by atoms with Gasteiger partial charge in [0.2, 0.25) is 0 Å². The summed E-state index contributed by atoms with van der Waals surface area (Å²) in [6.07, 6.45) is 6.22. The molecule has 0 N–H and O–H groups in total. The van der Waals surface area contributed by atoms with E-state index in [0.29, 0.717) is 5.92 Å². The Morgan fingerprint density at radius 2 is 2.12 bits per heavy atom. The molecule has 1 aliphatic heterocycles. The second-order valence-electron chi connectivity index (χ2n) is 4.44. The van der Waals surface area contributed by atoms with E-state index < -0.39 is 0 Å². The van der Waals surface area contributed by atoms with Crippen LogP contribution < -0.4 is 0 Å². The van der Waals surface area contributed by atoms with Crippen molar-refractivity contribution in [1.82, 2.24) is 9.55 Å². The van der Waals surface area contributed by atoms with Crippen LogP contribution in [0.3, 0.4) is 0 Å². The molecule has 0 amide bonds. The number of benzene rings is 1. The summed E-state index contributed by atoms with van der Waals surface area (Å²) in [4.78, 5) is 4.22. The number of nitrogens with zero attached hydrogens (tertiary/aromatic N) is 3. The molecule has 1 aromatic heterocycles. The highest BCUT2D eigenvalue weighted by atomic mass is 15.1. The topological polar surface area (TPSA) is 41.6 Å². The Morgan fingerprint density at radius 3 is 2.88 bits per heavy atom. The zero-order chi connectivity index (χ0) is 11.7. The molecule has 3 nitrogen and oxygen atoms in total. The minimum absolute atomic E-state index is 0.430. The quantitative estimate of drug-likeness (QED) is 0.745. The van der Waals surface area contributed by atoms with Crippen molar-refractivity contribution >= 4 is 0 Å². The molecule has 0 spiro atoms. The fourth-order valence-corrected chi connectivity index (χ4v) is 2.55. The van der Waals surface area contributed by atoms with E-state index in [1.165, 1.54) is 17.7 Å². The van der Waals surface area contributed by atoms with Crippen molar-refractivity contribution in [2.24, 2.45) is 0 Å². The van der Waals surface area contributed by atoms with Crippen LogP contribution in [0.4, 0.5) is 0 Å². The summed E-state index contributed by atoms with van der Waals surface area (Å²) in [5.41, 5.74) is 3.30. The van der Waals surface area contributed by atoms with Gasteiger partial charge in [-0.05, 0) is 30.5 Å². The van der Waals surface area contributed by atoms with Crippen LogP contribution in [-0.4, -0.2) is 9.55 Å². The van der Waals surface area contributed by atoms with Gasteiger partial charge in [-0.15, -0.1) is 0 Å². The van der Waals surface area contributed by atoms with Gasteiger partial charge in [-0.1, -0.05) is 12.1 Å². The summed E-state index contributed by atoms with van der Waals surface area (Å²) in [5, 5.41) is 8.80. The number of aromatic nitrogens is 2. The predicted molar refractivity (Wildman–Crippen MR) is 64.5 cm³/mol. The van der Waals surface area contributed by atoms with E-state index in [9.17, 15) is 0 Å². The molecule has 1 aliphatic rings. The van der Waals surface area contributed by atoms with Gasteiger partial charge in [0.15, 0.2) is 0 Å². The van der Waals surface area contributed by atoms with E-state index >= 15 is 0 Å². The van der Waals surface area contributed by atoms with Crippen LogP contribution in [-0.2, 0) is 6.54 Å². The largest absolute Gasteiger partial charge is 0.334 e. The smallest absolute Gasteiger partial charge is 0.0991 e. The maximum atomic E-state index is 8.80. The fourth-order valence-electron chi connectivity index (χ4n) is 2.55. The van der Waals surface area contributed by atoms with E-state index in [4.69, 9.17) is 5.26 Å². The average Bonchev–Trinajstić information content (AvgIpc) is 2.87. The van der Waals surface area contributed by atoms with Crippen LogP contribution in [0.1, 0.15) is 35.6 Å². The highest BCUT2D eigenvalue weighted by molar-refractivity contribution is 5.36. The number of nitriles is 1. The molecule has 2 heterocycles. The van der Waals surface area contributed by atoms with Gasteiger partial charge < -0.3 is 4.57 Å². The first-order chi connectivity index (χ1) is 8.38. The Bertz CT molecular complexity index is 560. The van der Waals surface area contributed by atoms with Crippen molar-refractivity contribution < 1.29 is 0 Å². The average molecular weight is 223 g/mol. The molecule has 84 valence electrons. The Balaban J connectivity index is 1.98. The Morgan fingerprint density at radius 1 is 1.29 bits per heavy atom. The third-order valence-corrected chi connectivity index (χ3v) is 3.44. The van der Waals surface area contributed by atoms with Crippen LogP contribution in [0, 0.1) is 11.3 Å². The normalized spacial score (nSPS) is 18.4. The van der Waals surface area contributed by atoms with E-state index in [1.807, 2.05) is 24.7 Å². The molecule has 0 radical (unpaired) electrons. The van der Waals surface area contributed by atoms with Gasteiger partial charge in [-0.2, -0.15) is 5.26 Å². The first kappa shape index (κ1) is 10.1. The lowest BCUT2D eigenvalue weighted by atomic mass is 9.89. The minimum Gasteiger partial charge on any atom is -0.334 e. The summed E-state index contributed by atoms with van der Waals surface area (Å²) < 4.78 is 2.23. The van der Waals surface area contributed by atoms with Gasteiger partial charge in [0, 0.05) is 24.4 Å². The van der Waals surface area contributed by atoms with Crippen LogP contribution in [0.25, 0.3) is 0 Å². The SMILES string of the molecule is N#Cc1ccc(C2CCCn3cncc32)cc1. The minimum atomic E-state index is 0.430. The third-order valence-electron chi connectivity index (χ3n) is 3.44. The van der Waals surface area contributed by atoms with Gasteiger partial charge in [-0.3, -0.25) is 0 Å². The van der Waals surface area contributed by atoms with Crippen molar-refractivity contribution in [3.8, 4) is 6.07 Å². The second kappa shape index (κ2) is 4.06. The second-order valence-corrected chi connectivity index (χ2v) is 4.44. The Labute approximate surface area is 100 Å². The number of rotatable bonds is 1. The van der Waals surface area contributed by atoms with Crippen LogP contribution in [0.5, 0.6) is 0 Å². The standard InChI is InChI=1S/C14H13N3/c15-8-11-3-5-12(6-4-11)13-2-1-7-17-10-16-9-14(13)17/h3-6,9-10,13H,1-2,7H2. The first-order valence-electron chi connectivity index (χ1n) is 5.88. The van der Waals surface area contributed by atoms with Gasteiger partial charge in [-0.25, -0.2) is 4.98 Å². The maximum Gasteiger partial charge on any atom is 0.0991 e. The fraction of sp³-hybridized carbons (Fsp3) is 0.286. The number of imidazole rings is 1. The van der Waals surface area contributed by atoms with Crippen molar-refractivity contribution in [2.45, 2.75) is 25.3 Å². The Kier molecular flexibility index (Phi) is 2.41. The molecule has 1 unspecified atom stereocenters. The lowest BCUT2D eigenvalue weighted by Gasteiger charge is -2.24. The lowest BCUT2D eigenvalue weighted by Crippen LogP contribution is -2.15. The van der Waals surface area contributed by atoms with Crippen molar-refractivity contribution in [2.75, 3.05) is 0 Å². The monoisotopic (exact) mass is 223 g/mol. The molecule has 0 fully saturated rings. The molecule has 0 bridgehead atoms. The van der Waals surface area contributed by atoms with E-state index in [-0.39, 0.29) is 0 Å². The zero-order valence-electron chi connectivity index (χ0n) is 9.50. The van der Waals surface area contributed by atoms with E-state index in [0.717, 1.165) is 18.5 Å². The summed E-state index contributed by atoms with van der Waals surface area (Å²) in [6, 6.07) is 10.1. The molecular formula is C14H13N3. The summed E-state index contributed by atoms with van der Waals surface area (Å²) in [7, 11) is 0. The molecule has 0 aliphatic carbocycles. The summed E-state index contributed by atoms with van der Waals surface area (Å²) in [6.45, 7) is 1.07. The van der Waals surface area contributed by atoms with Gasteiger partial charge in [0.05, 0.1) is 18.0 Å². The van der Waals surface area contributed by atoms with Crippen LogP contribution >= 0.6 is 0 Å². The zero-order valence-corrected chi connectivity index (χ0v) is 9.50. The highest BCUT2D eigenvalue weighted by Gasteiger charge is 2.21. The van der Waals surface area contributed by atoms with Crippen molar-refractivity contribution in [3.63, 3.8) is 0 Å². The molecule has 17 heavy (non-hydrogen) atoms. The molecule has 3 heteroatoms. The molecule has 1 aromatic carbocycles. The predicted octanol–water partition coefficient (Wildman–Crippen LogP) is 2.68. The summed E-state index contributed by atoms with van der Waals surface area (Å²) >= 11 is 0. The molecule has 0 saturated carbocycles. The van der Waals surface area contributed by atoms with Gasteiger partial charge in [0.25, 0.3) is 0 Å². The van der Waals surface area contributed by atoms with Crippen LogP contribution in [0.15, 0.2) is 36.8 Å². The Hall–Kier alpha value is -2.08. The number of hydrogen-bond donors (Lipinski definition) is 0. The number of fused-ring (bicyclic) bond motifs is 1. The first-order valence-corrected chi connectivity index (χ1v) is 5.88. The molecule has 3 rings (SSSR count). The lowest BCUT2D eigenvalue weighted by molar-refractivity contribution is 0.491. The van der Waals surface area contributed by atoms with Crippen LogP contribution in [0.2, 0.25) is 0 Å². The van der Waals surface area contributed by atoms with Gasteiger partial charge in [0.1, 0.15) is 0 Å². The van der Waals surface area contributed by atoms with Gasteiger partial charge >= 0.3 is 0 Å². The molecule has 1 atom stereocenters. The van der Waals surface area contributed by atoms with Crippen molar-refractivity contribution in [3.05, 3.63) is 53.6 Å².